The van der Waals surface area contributed by atoms with Crippen molar-refractivity contribution in [2.45, 2.75) is 39.0 Å². The largest absolute Gasteiger partial charge is 0.480 e. The van der Waals surface area contributed by atoms with E-state index in [9.17, 15) is 18.0 Å². The molecule has 0 radical (unpaired) electrons. The van der Waals surface area contributed by atoms with Crippen molar-refractivity contribution < 1.29 is 23.1 Å². The zero-order valence-electron chi connectivity index (χ0n) is 10.6. The molecule has 2 atom stereocenters. The summed E-state index contributed by atoms with van der Waals surface area (Å²) < 4.78 is 22.3. The van der Waals surface area contributed by atoms with Gasteiger partial charge in [0.15, 0.2) is 9.84 Å². The number of carboxylic acids is 1. The van der Waals surface area contributed by atoms with Crippen molar-refractivity contribution in [3.05, 3.63) is 0 Å². The van der Waals surface area contributed by atoms with Crippen LogP contribution >= 0.6 is 0 Å². The SMILES string of the molecule is CC(C(=O)N[C@@H](C(=O)O)C(C)(C)C)S(C)(=O)=O. The average molecular weight is 265 g/mol. The van der Waals surface area contributed by atoms with Crippen LogP contribution in [0, 0.1) is 5.41 Å². The fraction of sp³-hybridized carbons (Fsp3) is 0.800. The van der Waals surface area contributed by atoms with Gasteiger partial charge in [0.1, 0.15) is 11.3 Å². The summed E-state index contributed by atoms with van der Waals surface area (Å²) in [7, 11) is -3.52. The van der Waals surface area contributed by atoms with Crippen molar-refractivity contribution in [1.29, 1.82) is 0 Å². The molecule has 0 aliphatic carbocycles. The molecule has 0 aromatic rings. The summed E-state index contributed by atoms with van der Waals surface area (Å²) in [6.45, 7) is 6.18. The average Bonchev–Trinajstić information content (AvgIpc) is 2.08. The van der Waals surface area contributed by atoms with Crippen LogP contribution in [0.15, 0.2) is 0 Å². The fourth-order valence-corrected chi connectivity index (χ4v) is 1.56. The van der Waals surface area contributed by atoms with Crippen LogP contribution in [0.25, 0.3) is 0 Å². The summed E-state index contributed by atoms with van der Waals surface area (Å²) in [6.07, 6.45) is 0.935. The Bertz CT molecular complexity index is 407. The highest BCUT2D eigenvalue weighted by Gasteiger charge is 2.35. The third-order valence-electron chi connectivity index (χ3n) is 2.41. The van der Waals surface area contributed by atoms with Gasteiger partial charge in [-0.05, 0) is 12.3 Å². The van der Waals surface area contributed by atoms with Crippen LogP contribution < -0.4 is 5.32 Å². The maximum atomic E-state index is 11.6. The summed E-state index contributed by atoms with van der Waals surface area (Å²) in [5.41, 5.74) is -0.696. The van der Waals surface area contributed by atoms with Crippen molar-refractivity contribution >= 4 is 21.7 Å². The van der Waals surface area contributed by atoms with E-state index in [-0.39, 0.29) is 0 Å². The highest BCUT2D eigenvalue weighted by molar-refractivity contribution is 7.92. The van der Waals surface area contributed by atoms with E-state index in [4.69, 9.17) is 5.11 Å². The highest BCUT2D eigenvalue weighted by atomic mass is 32.2. The maximum absolute atomic E-state index is 11.6. The molecular formula is C10H19NO5S. The van der Waals surface area contributed by atoms with Crippen LogP contribution in [0.1, 0.15) is 27.7 Å². The van der Waals surface area contributed by atoms with Crippen LogP contribution in [-0.4, -0.2) is 42.9 Å². The summed E-state index contributed by atoms with van der Waals surface area (Å²) in [5, 5.41) is 9.97. The number of hydrogen-bond acceptors (Lipinski definition) is 4. The predicted molar refractivity (Wildman–Crippen MR) is 63.3 cm³/mol. The molecule has 7 heteroatoms. The third kappa shape index (κ3) is 4.72. The molecule has 0 saturated carbocycles. The molecule has 0 saturated heterocycles. The van der Waals surface area contributed by atoms with Gasteiger partial charge >= 0.3 is 5.97 Å². The molecule has 0 spiro atoms. The summed E-state index contributed by atoms with van der Waals surface area (Å²) in [4.78, 5) is 22.6. The Kier molecular flexibility index (Phi) is 4.70. The van der Waals surface area contributed by atoms with Crippen LogP contribution in [0.3, 0.4) is 0 Å². The van der Waals surface area contributed by atoms with Crippen molar-refractivity contribution in [1.82, 2.24) is 5.32 Å². The van der Waals surface area contributed by atoms with E-state index in [0.717, 1.165) is 6.26 Å². The van der Waals surface area contributed by atoms with Gasteiger partial charge in [0.2, 0.25) is 5.91 Å². The minimum Gasteiger partial charge on any atom is -0.480 e. The van der Waals surface area contributed by atoms with Gasteiger partial charge in [-0.2, -0.15) is 0 Å². The molecule has 0 aliphatic rings. The Morgan fingerprint density at radius 3 is 1.88 bits per heavy atom. The van der Waals surface area contributed by atoms with Crippen molar-refractivity contribution in [2.75, 3.05) is 6.26 Å². The molecule has 17 heavy (non-hydrogen) atoms. The summed E-state index contributed by atoms with van der Waals surface area (Å²) >= 11 is 0. The van der Waals surface area contributed by atoms with Crippen molar-refractivity contribution in [2.24, 2.45) is 5.41 Å². The van der Waals surface area contributed by atoms with Crippen LogP contribution in [0.5, 0.6) is 0 Å². The zero-order valence-corrected chi connectivity index (χ0v) is 11.5. The van der Waals surface area contributed by atoms with E-state index in [2.05, 4.69) is 5.32 Å². The number of carboxylic acid groups (broad SMARTS) is 1. The smallest absolute Gasteiger partial charge is 0.326 e. The number of carbonyl (C=O) groups excluding carboxylic acids is 1. The van der Waals surface area contributed by atoms with Crippen LogP contribution in [0.2, 0.25) is 0 Å². The van der Waals surface area contributed by atoms with Gasteiger partial charge in [0.25, 0.3) is 0 Å². The van der Waals surface area contributed by atoms with Crippen molar-refractivity contribution in [3.8, 4) is 0 Å². The molecule has 6 nitrogen and oxygen atoms in total. The second kappa shape index (κ2) is 5.03. The minimum absolute atomic E-state index is 0.696. The Morgan fingerprint density at radius 2 is 1.65 bits per heavy atom. The second-order valence-electron chi connectivity index (χ2n) is 5.12. The number of carbonyl (C=O) groups is 2. The monoisotopic (exact) mass is 265 g/mol. The molecule has 1 amide bonds. The van der Waals surface area contributed by atoms with Gasteiger partial charge in [-0.25, -0.2) is 13.2 Å². The normalized spacial score (nSPS) is 16.1. The molecule has 1 unspecified atom stereocenters. The quantitative estimate of drug-likeness (QED) is 0.747. The first-order valence-corrected chi connectivity index (χ1v) is 7.05. The summed E-state index contributed by atoms with van der Waals surface area (Å²) in [6, 6.07) is -1.13. The molecule has 0 aromatic heterocycles. The first-order valence-electron chi connectivity index (χ1n) is 5.09. The first kappa shape index (κ1) is 15.9. The lowest BCUT2D eigenvalue weighted by atomic mass is 9.86. The van der Waals surface area contributed by atoms with E-state index >= 15 is 0 Å². The van der Waals surface area contributed by atoms with E-state index < -0.39 is 38.4 Å². The maximum Gasteiger partial charge on any atom is 0.326 e. The molecule has 0 bridgehead atoms. The molecule has 0 heterocycles. The second-order valence-corrected chi connectivity index (χ2v) is 7.48. The topological polar surface area (TPSA) is 101 Å². The fourth-order valence-electron chi connectivity index (χ4n) is 1.10. The number of hydrogen-bond donors (Lipinski definition) is 2. The van der Waals surface area contributed by atoms with Crippen molar-refractivity contribution in [3.63, 3.8) is 0 Å². The zero-order chi connectivity index (χ0) is 14.0. The minimum atomic E-state index is -3.52. The van der Waals surface area contributed by atoms with Gasteiger partial charge in [0, 0.05) is 6.26 Å². The molecule has 0 rings (SSSR count). The van der Waals surface area contributed by atoms with E-state index in [1.807, 2.05) is 0 Å². The molecule has 100 valence electrons. The first-order chi connectivity index (χ1) is 7.37. The molecule has 0 fully saturated rings. The lowest BCUT2D eigenvalue weighted by molar-refractivity contribution is -0.144. The Morgan fingerprint density at radius 1 is 1.24 bits per heavy atom. The lowest BCUT2D eigenvalue weighted by Gasteiger charge is -2.28. The van der Waals surface area contributed by atoms with Crippen LogP contribution in [0.4, 0.5) is 0 Å². The lowest BCUT2D eigenvalue weighted by Crippen LogP contribution is -2.52. The molecule has 0 aliphatic heterocycles. The predicted octanol–water partition coefficient (Wildman–Crippen LogP) is 0.0350. The Balaban J connectivity index is 4.94. The van der Waals surface area contributed by atoms with E-state index in [0.29, 0.717) is 0 Å². The number of rotatable bonds is 4. The Hall–Kier alpha value is -1.11. The Labute approximate surface area is 101 Å². The highest BCUT2D eigenvalue weighted by Crippen LogP contribution is 2.19. The van der Waals surface area contributed by atoms with Gasteiger partial charge in [-0.1, -0.05) is 20.8 Å². The molecule has 0 aromatic carbocycles. The number of nitrogens with one attached hydrogen (secondary N) is 1. The van der Waals surface area contributed by atoms with E-state index in [1.165, 1.54) is 6.92 Å². The van der Waals surface area contributed by atoms with Gasteiger partial charge in [0.05, 0.1) is 0 Å². The molecular weight excluding hydrogens is 246 g/mol. The summed E-state index contributed by atoms with van der Waals surface area (Å²) in [5.74, 6) is -1.98. The number of amides is 1. The number of sulfone groups is 1. The van der Waals surface area contributed by atoms with Gasteiger partial charge < -0.3 is 10.4 Å². The number of aliphatic carboxylic acids is 1. The van der Waals surface area contributed by atoms with E-state index in [1.54, 1.807) is 20.8 Å². The standard InChI is InChI=1S/C10H19NO5S/c1-6(17(5,15)16)8(12)11-7(9(13)14)10(2,3)4/h6-7H,1-5H3,(H,11,12)(H,13,14)/t6?,7-/m0/s1. The van der Waals surface area contributed by atoms with Gasteiger partial charge in [-0.15, -0.1) is 0 Å². The van der Waals surface area contributed by atoms with Gasteiger partial charge in [-0.3, -0.25) is 4.79 Å². The van der Waals surface area contributed by atoms with Crippen LogP contribution in [-0.2, 0) is 19.4 Å². The molecule has 2 N–H and O–H groups in total. The third-order valence-corrected chi connectivity index (χ3v) is 3.91.